The third kappa shape index (κ3) is 6.23. The predicted octanol–water partition coefficient (Wildman–Crippen LogP) is 0.428. The van der Waals surface area contributed by atoms with Crippen molar-refractivity contribution in [2.75, 3.05) is 46.3 Å². The van der Waals surface area contributed by atoms with Gasteiger partial charge in [0, 0.05) is 33.9 Å². The second-order valence-electron chi connectivity index (χ2n) is 2.88. The van der Waals surface area contributed by atoms with E-state index in [1.54, 1.807) is 19.1 Å². The second-order valence-corrected chi connectivity index (χ2v) is 3.19. The van der Waals surface area contributed by atoms with E-state index in [9.17, 15) is 4.79 Å². The Labute approximate surface area is 91.0 Å². The molecule has 0 heterocycles. The van der Waals surface area contributed by atoms with Crippen LogP contribution in [0.25, 0.3) is 0 Å². The van der Waals surface area contributed by atoms with Crippen molar-refractivity contribution in [3.63, 3.8) is 0 Å². The number of amides is 1. The van der Waals surface area contributed by atoms with Gasteiger partial charge in [-0.3, -0.25) is 4.79 Å². The van der Waals surface area contributed by atoms with Gasteiger partial charge < -0.3 is 14.4 Å². The zero-order valence-corrected chi connectivity index (χ0v) is 9.76. The Kier molecular flexibility index (Phi) is 9.13. The Bertz CT molecular complexity index is 155. The lowest BCUT2D eigenvalue weighted by atomic mass is 10.4. The van der Waals surface area contributed by atoms with E-state index >= 15 is 0 Å². The van der Waals surface area contributed by atoms with Crippen LogP contribution in [0.3, 0.4) is 0 Å². The highest BCUT2D eigenvalue weighted by Crippen LogP contribution is 1.95. The van der Waals surface area contributed by atoms with Crippen molar-refractivity contribution in [2.45, 2.75) is 6.42 Å². The number of methoxy groups -OCH3 is 2. The minimum Gasteiger partial charge on any atom is -0.385 e. The third-order valence-electron chi connectivity index (χ3n) is 1.83. The van der Waals surface area contributed by atoms with Crippen LogP contribution in [0.4, 0.5) is 0 Å². The molecule has 0 fully saturated rings. The van der Waals surface area contributed by atoms with E-state index in [2.05, 4.69) is 12.6 Å². The molecular formula is C9H19NO3S. The molecule has 1 amide bonds. The van der Waals surface area contributed by atoms with Gasteiger partial charge >= 0.3 is 0 Å². The van der Waals surface area contributed by atoms with Gasteiger partial charge in [-0.2, -0.15) is 12.6 Å². The summed E-state index contributed by atoms with van der Waals surface area (Å²) in [6.07, 6.45) is 0.847. The maximum absolute atomic E-state index is 11.4. The third-order valence-corrected chi connectivity index (χ3v) is 2.10. The molecule has 0 aromatic heterocycles. The average Bonchev–Trinajstić information content (AvgIpc) is 2.22. The SMILES string of the molecule is COCCCN(CCOC)C(=O)CS. The summed E-state index contributed by atoms with van der Waals surface area (Å²) >= 11 is 3.96. The lowest BCUT2D eigenvalue weighted by Gasteiger charge is -2.21. The van der Waals surface area contributed by atoms with Crippen LogP contribution >= 0.6 is 12.6 Å². The van der Waals surface area contributed by atoms with E-state index in [0.717, 1.165) is 6.42 Å². The Morgan fingerprint density at radius 3 is 2.36 bits per heavy atom. The molecule has 0 saturated heterocycles. The van der Waals surface area contributed by atoms with E-state index in [4.69, 9.17) is 9.47 Å². The van der Waals surface area contributed by atoms with Crippen molar-refractivity contribution >= 4 is 18.5 Å². The quantitative estimate of drug-likeness (QED) is 0.477. The number of carbonyl (C=O) groups is 1. The predicted molar refractivity (Wildman–Crippen MR) is 58.8 cm³/mol. The molecule has 0 aliphatic carbocycles. The standard InChI is InChI=1S/C9H19NO3S/c1-12-6-3-4-10(5-7-13-2)9(11)8-14/h14H,3-8H2,1-2H3. The number of rotatable bonds is 8. The molecule has 0 rings (SSSR count). The van der Waals surface area contributed by atoms with E-state index in [-0.39, 0.29) is 11.7 Å². The Balaban J connectivity index is 3.78. The molecule has 84 valence electrons. The highest BCUT2D eigenvalue weighted by Gasteiger charge is 2.10. The van der Waals surface area contributed by atoms with Gasteiger partial charge in [0.2, 0.25) is 5.91 Å². The fourth-order valence-corrected chi connectivity index (χ4v) is 1.26. The molecule has 14 heavy (non-hydrogen) atoms. The van der Waals surface area contributed by atoms with Gasteiger partial charge in [0.1, 0.15) is 0 Å². The monoisotopic (exact) mass is 221 g/mol. The average molecular weight is 221 g/mol. The van der Waals surface area contributed by atoms with Gasteiger partial charge in [0.05, 0.1) is 12.4 Å². The molecular weight excluding hydrogens is 202 g/mol. The molecule has 0 radical (unpaired) electrons. The molecule has 0 aliphatic heterocycles. The summed E-state index contributed by atoms with van der Waals surface area (Å²) < 4.78 is 9.84. The van der Waals surface area contributed by atoms with Crippen molar-refractivity contribution in [1.82, 2.24) is 4.90 Å². The van der Waals surface area contributed by atoms with Crippen LogP contribution in [0.1, 0.15) is 6.42 Å². The zero-order valence-electron chi connectivity index (χ0n) is 8.86. The first-order chi connectivity index (χ1) is 6.76. The van der Waals surface area contributed by atoms with Crippen LogP contribution < -0.4 is 0 Å². The molecule has 0 aliphatic rings. The van der Waals surface area contributed by atoms with Crippen molar-refractivity contribution in [2.24, 2.45) is 0 Å². The normalized spacial score (nSPS) is 10.2. The van der Waals surface area contributed by atoms with E-state index in [1.807, 2.05) is 0 Å². The summed E-state index contributed by atoms with van der Waals surface area (Å²) in [5, 5.41) is 0. The van der Waals surface area contributed by atoms with Gasteiger partial charge in [-0.25, -0.2) is 0 Å². The summed E-state index contributed by atoms with van der Waals surface area (Å²) in [4.78, 5) is 13.1. The van der Waals surface area contributed by atoms with Crippen molar-refractivity contribution in [1.29, 1.82) is 0 Å². The number of nitrogens with zero attached hydrogens (tertiary/aromatic N) is 1. The van der Waals surface area contributed by atoms with E-state index < -0.39 is 0 Å². The van der Waals surface area contributed by atoms with Crippen LogP contribution in [0, 0.1) is 0 Å². The lowest BCUT2D eigenvalue weighted by molar-refractivity contribution is -0.129. The van der Waals surface area contributed by atoms with Crippen molar-refractivity contribution in [3.05, 3.63) is 0 Å². The number of hydrogen-bond donors (Lipinski definition) is 1. The van der Waals surface area contributed by atoms with Crippen LogP contribution in [0.15, 0.2) is 0 Å². The Hall–Kier alpha value is -0.260. The summed E-state index contributed by atoms with van der Waals surface area (Å²) in [5.74, 6) is 0.290. The first-order valence-corrected chi connectivity index (χ1v) is 5.26. The van der Waals surface area contributed by atoms with Crippen LogP contribution in [0.5, 0.6) is 0 Å². The molecule has 0 N–H and O–H groups in total. The Morgan fingerprint density at radius 1 is 1.21 bits per heavy atom. The lowest BCUT2D eigenvalue weighted by Crippen LogP contribution is -2.36. The van der Waals surface area contributed by atoms with Crippen molar-refractivity contribution in [3.8, 4) is 0 Å². The maximum atomic E-state index is 11.4. The first-order valence-electron chi connectivity index (χ1n) is 4.62. The minimum absolute atomic E-state index is 0.0430. The summed E-state index contributed by atoms with van der Waals surface area (Å²) in [5.41, 5.74) is 0. The zero-order chi connectivity index (χ0) is 10.8. The summed E-state index contributed by atoms with van der Waals surface area (Å²) in [6, 6.07) is 0. The van der Waals surface area contributed by atoms with Crippen LogP contribution in [0.2, 0.25) is 0 Å². The molecule has 4 nitrogen and oxygen atoms in total. The molecule has 0 aromatic carbocycles. The fraction of sp³-hybridized carbons (Fsp3) is 0.889. The van der Waals surface area contributed by atoms with Gasteiger partial charge in [-0.05, 0) is 6.42 Å². The fourth-order valence-electron chi connectivity index (χ4n) is 1.06. The minimum atomic E-state index is 0.0430. The Morgan fingerprint density at radius 2 is 1.86 bits per heavy atom. The van der Waals surface area contributed by atoms with Gasteiger partial charge in [0.15, 0.2) is 0 Å². The summed E-state index contributed by atoms with van der Waals surface area (Å²) in [6.45, 7) is 2.56. The van der Waals surface area contributed by atoms with Gasteiger partial charge in [-0.1, -0.05) is 0 Å². The van der Waals surface area contributed by atoms with Crippen LogP contribution in [-0.2, 0) is 14.3 Å². The smallest absolute Gasteiger partial charge is 0.232 e. The number of ether oxygens (including phenoxy) is 2. The molecule has 0 unspecified atom stereocenters. The van der Waals surface area contributed by atoms with Gasteiger partial charge in [0.25, 0.3) is 0 Å². The molecule has 0 saturated carbocycles. The van der Waals surface area contributed by atoms with Crippen LogP contribution in [-0.4, -0.2) is 57.1 Å². The number of carbonyl (C=O) groups excluding carboxylic acids is 1. The molecule has 0 bridgehead atoms. The topological polar surface area (TPSA) is 38.8 Å². The number of hydrogen-bond acceptors (Lipinski definition) is 4. The maximum Gasteiger partial charge on any atom is 0.232 e. The molecule has 0 atom stereocenters. The number of thiol groups is 1. The summed E-state index contributed by atoms with van der Waals surface area (Å²) in [7, 11) is 3.28. The highest BCUT2D eigenvalue weighted by molar-refractivity contribution is 7.81. The van der Waals surface area contributed by atoms with Gasteiger partial charge in [-0.15, -0.1) is 0 Å². The molecule has 0 aromatic rings. The van der Waals surface area contributed by atoms with E-state index in [0.29, 0.717) is 26.3 Å². The second kappa shape index (κ2) is 9.30. The molecule has 0 spiro atoms. The van der Waals surface area contributed by atoms with E-state index in [1.165, 1.54) is 0 Å². The highest BCUT2D eigenvalue weighted by atomic mass is 32.1. The molecule has 5 heteroatoms. The van der Waals surface area contributed by atoms with Crippen molar-refractivity contribution < 1.29 is 14.3 Å². The first kappa shape index (κ1) is 13.7. The largest absolute Gasteiger partial charge is 0.385 e.